The summed E-state index contributed by atoms with van der Waals surface area (Å²) in [5, 5.41) is 3.13. The van der Waals surface area contributed by atoms with Gasteiger partial charge in [-0.3, -0.25) is 0 Å². The minimum absolute atomic E-state index is 0.655. The fraction of sp³-hybridized carbons (Fsp3) is 0.714. The van der Waals surface area contributed by atoms with E-state index in [2.05, 4.69) is 19.2 Å². The lowest BCUT2D eigenvalue weighted by molar-refractivity contribution is 0.267. The van der Waals surface area contributed by atoms with Crippen molar-refractivity contribution < 1.29 is 4.74 Å². The third-order valence-corrected chi connectivity index (χ3v) is 1.24. The summed E-state index contributed by atoms with van der Waals surface area (Å²) >= 11 is 0. The molecule has 0 saturated heterocycles. The summed E-state index contributed by atoms with van der Waals surface area (Å²) in [6.45, 7) is 5.05. The number of hydrogen-bond acceptors (Lipinski definition) is 2. The van der Waals surface area contributed by atoms with Crippen molar-refractivity contribution in [1.82, 2.24) is 5.32 Å². The van der Waals surface area contributed by atoms with Gasteiger partial charge in [-0.25, -0.2) is 0 Å². The summed E-state index contributed by atoms with van der Waals surface area (Å²) in [6, 6.07) is 0. The molecule has 0 fully saturated rings. The molecular weight excluding hydrogens is 114 g/mol. The first-order valence-corrected chi connectivity index (χ1v) is 3.33. The molecule has 0 saturated carbocycles. The fourth-order valence-corrected chi connectivity index (χ4v) is 0.878. The van der Waals surface area contributed by atoms with Crippen molar-refractivity contribution in [1.29, 1.82) is 0 Å². The van der Waals surface area contributed by atoms with Crippen LogP contribution in [0.15, 0.2) is 12.0 Å². The van der Waals surface area contributed by atoms with Crippen LogP contribution in [-0.4, -0.2) is 6.73 Å². The summed E-state index contributed by atoms with van der Waals surface area (Å²) in [6.07, 6.45) is 2.90. The minimum atomic E-state index is 0.655. The maximum atomic E-state index is 4.98. The maximum absolute atomic E-state index is 4.98. The lowest BCUT2D eigenvalue weighted by Gasteiger charge is -2.03. The number of ether oxygens (including phenoxy) is 1. The number of hydrogen-bond donors (Lipinski definition) is 1. The average molecular weight is 127 g/mol. The van der Waals surface area contributed by atoms with Crippen LogP contribution in [0.3, 0.4) is 0 Å². The molecule has 1 aliphatic rings. The van der Waals surface area contributed by atoms with Gasteiger partial charge in [0.1, 0.15) is 6.26 Å². The highest BCUT2D eigenvalue weighted by Gasteiger charge is 2.04. The van der Waals surface area contributed by atoms with Gasteiger partial charge in [-0.1, -0.05) is 13.8 Å². The molecule has 0 aliphatic carbocycles. The Balaban J connectivity index is 2.26. The normalized spacial score (nSPS) is 17.0. The smallest absolute Gasteiger partial charge is 0.158 e. The van der Waals surface area contributed by atoms with E-state index >= 15 is 0 Å². The molecule has 0 atom stereocenters. The Bertz CT molecular complexity index is 118. The summed E-state index contributed by atoms with van der Waals surface area (Å²) in [5.41, 5.74) is 1.23. The predicted octanol–water partition coefficient (Wildman–Crippen LogP) is 1.45. The van der Waals surface area contributed by atoms with Crippen molar-refractivity contribution in [3.63, 3.8) is 0 Å². The van der Waals surface area contributed by atoms with E-state index in [1.54, 1.807) is 6.26 Å². The Hall–Kier alpha value is -0.660. The van der Waals surface area contributed by atoms with Crippen LogP contribution in [0.2, 0.25) is 0 Å². The third-order valence-electron chi connectivity index (χ3n) is 1.24. The van der Waals surface area contributed by atoms with Crippen LogP contribution in [-0.2, 0) is 4.74 Å². The van der Waals surface area contributed by atoms with E-state index < -0.39 is 0 Å². The molecule has 52 valence electrons. The van der Waals surface area contributed by atoms with Crippen molar-refractivity contribution in [3.8, 4) is 0 Å². The summed E-state index contributed by atoms with van der Waals surface area (Å²) < 4.78 is 4.98. The molecule has 0 aromatic carbocycles. The SMILES string of the molecule is CC(C)CC1=COCN1. The zero-order valence-corrected chi connectivity index (χ0v) is 5.98. The van der Waals surface area contributed by atoms with E-state index in [0.29, 0.717) is 12.6 Å². The largest absolute Gasteiger partial charge is 0.479 e. The van der Waals surface area contributed by atoms with Crippen LogP contribution in [0, 0.1) is 5.92 Å². The molecular formula is C7H13NO. The van der Waals surface area contributed by atoms with Gasteiger partial charge in [0.2, 0.25) is 0 Å². The Morgan fingerprint density at radius 2 is 2.56 bits per heavy atom. The van der Waals surface area contributed by atoms with Crippen LogP contribution in [0.4, 0.5) is 0 Å². The monoisotopic (exact) mass is 127 g/mol. The topological polar surface area (TPSA) is 21.3 Å². The second-order valence-electron chi connectivity index (χ2n) is 2.73. The standard InChI is InChI=1S/C7H13NO/c1-6(2)3-7-4-9-5-8-7/h4,6,8H,3,5H2,1-2H3. The van der Waals surface area contributed by atoms with E-state index in [4.69, 9.17) is 4.74 Å². The zero-order valence-electron chi connectivity index (χ0n) is 5.98. The lowest BCUT2D eigenvalue weighted by atomic mass is 10.1. The van der Waals surface area contributed by atoms with Crippen molar-refractivity contribution in [3.05, 3.63) is 12.0 Å². The van der Waals surface area contributed by atoms with Crippen molar-refractivity contribution in [2.45, 2.75) is 20.3 Å². The second-order valence-corrected chi connectivity index (χ2v) is 2.73. The van der Waals surface area contributed by atoms with Gasteiger partial charge in [0.15, 0.2) is 6.73 Å². The number of rotatable bonds is 2. The van der Waals surface area contributed by atoms with E-state index in [1.807, 2.05) is 0 Å². The first-order chi connectivity index (χ1) is 4.29. The van der Waals surface area contributed by atoms with Crippen molar-refractivity contribution in [2.24, 2.45) is 5.92 Å². The van der Waals surface area contributed by atoms with Crippen molar-refractivity contribution >= 4 is 0 Å². The first-order valence-electron chi connectivity index (χ1n) is 3.33. The molecule has 0 radical (unpaired) electrons. The quantitative estimate of drug-likeness (QED) is 0.606. The zero-order chi connectivity index (χ0) is 6.69. The highest BCUT2D eigenvalue weighted by Crippen LogP contribution is 2.10. The Morgan fingerprint density at radius 3 is 3.00 bits per heavy atom. The average Bonchev–Trinajstić information content (AvgIpc) is 2.15. The first kappa shape index (κ1) is 6.46. The maximum Gasteiger partial charge on any atom is 0.158 e. The minimum Gasteiger partial charge on any atom is -0.479 e. The van der Waals surface area contributed by atoms with Gasteiger partial charge in [0.05, 0.1) is 0 Å². The van der Waals surface area contributed by atoms with Crippen LogP contribution in [0.25, 0.3) is 0 Å². The Morgan fingerprint density at radius 1 is 1.78 bits per heavy atom. The molecule has 1 heterocycles. The van der Waals surface area contributed by atoms with Gasteiger partial charge >= 0.3 is 0 Å². The molecule has 0 amide bonds. The van der Waals surface area contributed by atoms with E-state index in [0.717, 1.165) is 6.42 Å². The summed E-state index contributed by atoms with van der Waals surface area (Å²) in [4.78, 5) is 0. The molecule has 2 heteroatoms. The molecule has 0 unspecified atom stereocenters. The molecule has 2 nitrogen and oxygen atoms in total. The van der Waals surface area contributed by atoms with Gasteiger partial charge in [-0.05, 0) is 12.3 Å². The van der Waals surface area contributed by atoms with Gasteiger partial charge in [-0.15, -0.1) is 0 Å². The molecule has 0 aromatic rings. The molecule has 1 rings (SSSR count). The van der Waals surface area contributed by atoms with Crippen LogP contribution in [0.1, 0.15) is 20.3 Å². The lowest BCUT2D eigenvalue weighted by Crippen LogP contribution is -2.09. The molecule has 0 aromatic heterocycles. The van der Waals surface area contributed by atoms with Gasteiger partial charge in [0.25, 0.3) is 0 Å². The molecule has 9 heavy (non-hydrogen) atoms. The highest BCUT2D eigenvalue weighted by molar-refractivity contribution is 4.98. The van der Waals surface area contributed by atoms with E-state index in [-0.39, 0.29) is 0 Å². The highest BCUT2D eigenvalue weighted by atomic mass is 16.5. The van der Waals surface area contributed by atoms with Crippen molar-refractivity contribution in [2.75, 3.05) is 6.73 Å². The number of nitrogens with one attached hydrogen (secondary N) is 1. The molecule has 0 spiro atoms. The third kappa shape index (κ3) is 1.96. The fourth-order valence-electron chi connectivity index (χ4n) is 0.878. The predicted molar refractivity (Wildman–Crippen MR) is 36.6 cm³/mol. The summed E-state index contributed by atoms with van der Waals surface area (Å²) in [7, 11) is 0. The Labute approximate surface area is 55.9 Å². The van der Waals surface area contributed by atoms with Crippen LogP contribution >= 0.6 is 0 Å². The van der Waals surface area contributed by atoms with Gasteiger partial charge < -0.3 is 10.1 Å². The number of allylic oxidation sites excluding steroid dienone is 1. The molecule has 1 aliphatic heterocycles. The van der Waals surface area contributed by atoms with Gasteiger partial charge in [0, 0.05) is 5.70 Å². The van der Waals surface area contributed by atoms with Crippen LogP contribution in [0.5, 0.6) is 0 Å². The second kappa shape index (κ2) is 2.76. The van der Waals surface area contributed by atoms with Gasteiger partial charge in [-0.2, -0.15) is 0 Å². The Kier molecular flexibility index (Phi) is 1.98. The molecule has 1 N–H and O–H groups in total. The van der Waals surface area contributed by atoms with E-state index in [9.17, 15) is 0 Å². The van der Waals surface area contributed by atoms with E-state index in [1.165, 1.54) is 5.70 Å². The summed E-state index contributed by atoms with van der Waals surface area (Å²) in [5.74, 6) is 0.713. The molecule has 0 bridgehead atoms. The van der Waals surface area contributed by atoms with Crippen LogP contribution < -0.4 is 5.32 Å².